The number of aliphatic carboxylic acids is 1. The van der Waals surface area contributed by atoms with Gasteiger partial charge in [-0.15, -0.1) is 0 Å². The number of piperidine rings is 1. The molecule has 1 N–H and O–H groups in total. The number of carboxylic acid groups (broad SMARTS) is 1. The van der Waals surface area contributed by atoms with Gasteiger partial charge in [-0.05, 0) is 25.3 Å². The molecule has 0 spiro atoms. The quantitative estimate of drug-likeness (QED) is 0.817. The van der Waals surface area contributed by atoms with Crippen LogP contribution >= 0.6 is 0 Å². The molecule has 1 fully saturated rings. The first-order chi connectivity index (χ1) is 10.8. The number of aromatic nitrogens is 2. The third kappa shape index (κ3) is 3.13. The summed E-state index contributed by atoms with van der Waals surface area (Å²) >= 11 is 0. The first kappa shape index (κ1) is 17.9. The van der Waals surface area contributed by atoms with Gasteiger partial charge < -0.3 is 5.11 Å². The summed E-state index contributed by atoms with van der Waals surface area (Å²) in [4.78, 5) is 11.8. The van der Waals surface area contributed by atoms with Gasteiger partial charge in [0.2, 0.25) is 0 Å². The molecule has 0 saturated carbocycles. The number of rotatable bonds is 6. The summed E-state index contributed by atoms with van der Waals surface area (Å²) in [6.07, 6.45) is 3.71. The topological polar surface area (TPSA) is 95.7 Å². The molecule has 0 aromatic carbocycles. The predicted molar refractivity (Wildman–Crippen MR) is 85.2 cm³/mol. The van der Waals surface area contributed by atoms with Gasteiger partial charge in [-0.1, -0.05) is 13.8 Å². The molecule has 9 heteroatoms. The number of hydrogen-bond acceptors (Lipinski definition) is 4. The number of hydrogen-bond donors (Lipinski definition) is 1. The van der Waals surface area contributed by atoms with E-state index in [0.717, 1.165) is 5.56 Å². The van der Waals surface area contributed by atoms with Crippen LogP contribution in [0, 0.1) is 6.92 Å². The lowest BCUT2D eigenvalue weighted by Crippen LogP contribution is -2.55. The zero-order chi connectivity index (χ0) is 17.3. The van der Waals surface area contributed by atoms with Crippen LogP contribution in [0.5, 0.6) is 0 Å². The van der Waals surface area contributed by atoms with E-state index in [-0.39, 0.29) is 25.9 Å². The van der Waals surface area contributed by atoms with E-state index in [1.165, 1.54) is 13.3 Å². The van der Waals surface area contributed by atoms with Crippen LogP contribution in [-0.4, -0.2) is 64.1 Å². The lowest BCUT2D eigenvalue weighted by molar-refractivity contribution is -0.150. The molecule has 1 aliphatic heterocycles. The average Bonchev–Trinajstić information content (AvgIpc) is 2.95. The van der Waals surface area contributed by atoms with Crippen molar-refractivity contribution in [3.05, 3.63) is 18.0 Å². The fraction of sp³-hybridized carbons (Fsp3) is 0.714. The Morgan fingerprint density at radius 3 is 2.30 bits per heavy atom. The van der Waals surface area contributed by atoms with Gasteiger partial charge in [0.1, 0.15) is 0 Å². The van der Waals surface area contributed by atoms with Crippen LogP contribution in [0.25, 0.3) is 0 Å². The van der Waals surface area contributed by atoms with Crippen LogP contribution in [0.15, 0.2) is 12.4 Å². The molecule has 0 bridgehead atoms. The Morgan fingerprint density at radius 2 is 1.91 bits per heavy atom. The van der Waals surface area contributed by atoms with Crippen LogP contribution in [0.2, 0.25) is 0 Å². The summed E-state index contributed by atoms with van der Waals surface area (Å²) in [7, 11) is -3.53. The van der Waals surface area contributed by atoms with Gasteiger partial charge >= 0.3 is 5.97 Å². The fourth-order valence-corrected chi connectivity index (χ4v) is 4.61. The number of carboxylic acids is 1. The Labute approximate surface area is 136 Å². The van der Waals surface area contributed by atoms with Gasteiger partial charge in [0, 0.05) is 32.4 Å². The molecule has 1 aliphatic rings. The van der Waals surface area contributed by atoms with Crippen LogP contribution in [0.4, 0.5) is 0 Å². The normalized spacial score (nSPS) is 19.1. The molecule has 1 aromatic rings. The second-order valence-electron chi connectivity index (χ2n) is 5.79. The SMILES string of the molecule is CCN(CC)S(=O)(=O)N1CCC(C(=O)O)(n2cc(C)cn2)CC1. The van der Waals surface area contributed by atoms with Crippen LogP contribution in [-0.2, 0) is 20.5 Å². The fourth-order valence-electron chi connectivity index (χ4n) is 2.99. The van der Waals surface area contributed by atoms with Crippen molar-refractivity contribution < 1.29 is 18.3 Å². The van der Waals surface area contributed by atoms with Crippen molar-refractivity contribution in [1.82, 2.24) is 18.4 Å². The minimum atomic E-state index is -3.53. The highest BCUT2D eigenvalue weighted by Crippen LogP contribution is 2.32. The van der Waals surface area contributed by atoms with Crippen molar-refractivity contribution in [1.29, 1.82) is 0 Å². The Kier molecular flexibility index (Phi) is 5.12. The molecular formula is C14H24N4O4S. The van der Waals surface area contributed by atoms with Gasteiger partial charge in [-0.3, -0.25) is 4.68 Å². The molecule has 0 radical (unpaired) electrons. The van der Waals surface area contributed by atoms with Crippen LogP contribution < -0.4 is 0 Å². The predicted octanol–water partition coefficient (Wildman–Crippen LogP) is 0.654. The van der Waals surface area contributed by atoms with E-state index in [0.29, 0.717) is 13.1 Å². The summed E-state index contributed by atoms with van der Waals surface area (Å²) < 4.78 is 29.3. The molecule has 8 nitrogen and oxygen atoms in total. The maximum absolute atomic E-state index is 12.6. The molecule has 0 atom stereocenters. The highest BCUT2D eigenvalue weighted by molar-refractivity contribution is 7.86. The van der Waals surface area contributed by atoms with Crippen molar-refractivity contribution in [2.24, 2.45) is 0 Å². The largest absolute Gasteiger partial charge is 0.479 e. The van der Waals surface area contributed by atoms with Crippen molar-refractivity contribution in [2.45, 2.75) is 39.2 Å². The summed E-state index contributed by atoms with van der Waals surface area (Å²) in [6.45, 7) is 6.57. The van der Waals surface area contributed by atoms with Crippen molar-refractivity contribution in [3.8, 4) is 0 Å². The molecule has 0 amide bonds. The zero-order valence-corrected chi connectivity index (χ0v) is 14.6. The van der Waals surface area contributed by atoms with Crippen LogP contribution in [0.1, 0.15) is 32.3 Å². The van der Waals surface area contributed by atoms with E-state index in [2.05, 4.69) is 5.10 Å². The zero-order valence-electron chi connectivity index (χ0n) is 13.8. The Hall–Kier alpha value is -1.45. The smallest absolute Gasteiger partial charge is 0.331 e. The monoisotopic (exact) mass is 344 g/mol. The summed E-state index contributed by atoms with van der Waals surface area (Å²) in [5, 5.41) is 13.8. The summed E-state index contributed by atoms with van der Waals surface area (Å²) in [5.74, 6) is -0.972. The highest BCUT2D eigenvalue weighted by atomic mass is 32.2. The lowest BCUT2D eigenvalue weighted by atomic mass is 9.88. The first-order valence-electron chi connectivity index (χ1n) is 7.78. The number of nitrogens with zero attached hydrogens (tertiary/aromatic N) is 4. The second-order valence-corrected chi connectivity index (χ2v) is 7.72. The average molecular weight is 344 g/mol. The molecular weight excluding hydrogens is 320 g/mol. The maximum Gasteiger partial charge on any atom is 0.331 e. The minimum Gasteiger partial charge on any atom is -0.479 e. The molecule has 2 rings (SSSR count). The van der Waals surface area contributed by atoms with Crippen molar-refractivity contribution in [2.75, 3.05) is 26.2 Å². The molecule has 130 valence electrons. The number of aryl methyl sites for hydroxylation is 1. The molecule has 1 saturated heterocycles. The molecule has 0 aliphatic carbocycles. The second kappa shape index (κ2) is 6.58. The molecule has 0 unspecified atom stereocenters. The van der Waals surface area contributed by atoms with Gasteiger partial charge in [0.25, 0.3) is 10.2 Å². The minimum absolute atomic E-state index is 0.171. The highest BCUT2D eigenvalue weighted by Gasteiger charge is 2.46. The Bertz CT molecular complexity index is 658. The third-order valence-electron chi connectivity index (χ3n) is 4.46. The summed E-state index contributed by atoms with van der Waals surface area (Å²) in [5.41, 5.74) is -0.299. The Balaban J connectivity index is 2.23. The summed E-state index contributed by atoms with van der Waals surface area (Å²) in [6, 6.07) is 0. The van der Waals surface area contributed by atoms with Crippen molar-refractivity contribution >= 4 is 16.2 Å². The standard InChI is InChI=1S/C14H24N4O4S/c1-4-16(5-2)23(21,22)17-8-6-14(7-9-17,13(19)20)18-11-12(3)10-15-18/h10-11H,4-9H2,1-3H3,(H,19,20). The molecule has 2 heterocycles. The van der Waals surface area contributed by atoms with E-state index in [1.807, 2.05) is 6.92 Å². The van der Waals surface area contributed by atoms with E-state index >= 15 is 0 Å². The maximum atomic E-state index is 12.6. The molecule has 1 aromatic heterocycles. The van der Waals surface area contributed by atoms with E-state index < -0.39 is 21.7 Å². The number of carbonyl (C=O) groups is 1. The van der Waals surface area contributed by atoms with Gasteiger partial charge in [-0.25, -0.2) is 4.79 Å². The van der Waals surface area contributed by atoms with Crippen LogP contribution in [0.3, 0.4) is 0 Å². The first-order valence-corrected chi connectivity index (χ1v) is 9.18. The van der Waals surface area contributed by atoms with Gasteiger partial charge in [0.05, 0.1) is 6.20 Å². The lowest BCUT2D eigenvalue weighted by Gasteiger charge is -2.39. The van der Waals surface area contributed by atoms with Gasteiger partial charge in [-0.2, -0.15) is 22.1 Å². The molecule has 23 heavy (non-hydrogen) atoms. The van der Waals surface area contributed by atoms with E-state index in [1.54, 1.807) is 26.2 Å². The Morgan fingerprint density at radius 1 is 1.35 bits per heavy atom. The van der Waals surface area contributed by atoms with Gasteiger partial charge in [0.15, 0.2) is 5.54 Å². The van der Waals surface area contributed by atoms with E-state index in [9.17, 15) is 18.3 Å². The third-order valence-corrected chi connectivity index (χ3v) is 6.64. The van der Waals surface area contributed by atoms with Crippen molar-refractivity contribution in [3.63, 3.8) is 0 Å². The van der Waals surface area contributed by atoms with E-state index in [4.69, 9.17) is 0 Å².